The standard InChI is InChI=1S/C12H13ClN2O3/c1-7-11(15-18-14-7)6-17-12-4-3-9(8(2)16)5-10(12)13/h3-5,8,16H,6H2,1-2H3/t8-/m1/s1. The van der Waals surface area contributed by atoms with E-state index in [1.165, 1.54) is 0 Å². The predicted octanol–water partition coefficient (Wildman–Crippen LogP) is 2.66. The average molecular weight is 269 g/mol. The number of aliphatic hydroxyl groups is 1. The lowest BCUT2D eigenvalue weighted by Gasteiger charge is -2.09. The quantitative estimate of drug-likeness (QED) is 0.923. The Labute approximate surface area is 109 Å². The Kier molecular flexibility index (Phi) is 3.84. The molecule has 2 rings (SSSR count). The highest BCUT2D eigenvalue weighted by molar-refractivity contribution is 6.32. The maximum absolute atomic E-state index is 9.43. The molecule has 0 amide bonds. The molecule has 0 fully saturated rings. The SMILES string of the molecule is Cc1nonc1COc1ccc([C@@H](C)O)cc1Cl. The van der Waals surface area contributed by atoms with Gasteiger partial charge in [-0.05, 0) is 31.5 Å². The van der Waals surface area contributed by atoms with Gasteiger partial charge in [-0.3, -0.25) is 0 Å². The number of ether oxygens (including phenoxy) is 1. The third kappa shape index (κ3) is 2.80. The number of aryl methyl sites for hydroxylation is 1. The van der Waals surface area contributed by atoms with Gasteiger partial charge in [0.25, 0.3) is 0 Å². The number of aliphatic hydroxyl groups excluding tert-OH is 1. The molecule has 0 aliphatic rings. The monoisotopic (exact) mass is 268 g/mol. The van der Waals surface area contributed by atoms with Crippen molar-refractivity contribution in [2.24, 2.45) is 0 Å². The van der Waals surface area contributed by atoms with Crippen molar-refractivity contribution in [3.05, 3.63) is 40.2 Å². The molecule has 1 heterocycles. The molecule has 6 heteroatoms. The molecule has 96 valence electrons. The average Bonchev–Trinajstić information content (AvgIpc) is 2.73. The van der Waals surface area contributed by atoms with Crippen molar-refractivity contribution in [1.82, 2.24) is 10.3 Å². The third-order valence-electron chi connectivity index (χ3n) is 2.55. The minimum absolute atomic E-state index is 0.239. The molecule has 18 heavy (non-hydrogen) atoms. The highest BCUT2D eigenvalue weighted by Gasteiger charge is 2.09. The molecular weight excluding hydrogens is 256 g/mol. The van der Waals surface area contributed by atoms with Crippen LogP contribution in [-0.4, -0.2) is 15.4 Å². The van der Waals surface area contributed by atoms with Gasteiger partial charge in [-0.1, -0.05) is 28.0 Å². The predicted molar refractivity (Wildman–Crippen MR) is 65.5 cm³/mol. The zero-order valence-corrected chi connectivity index (χ0v) is 10.8. The first-order valence-electron chi connectivity index (χ1n) is 5.46. The first-order chi connectivity index (χ1) is 8.58. The Morgan fingerprint density at radius 2 is 2.22 bits per heavy atom. The molecule has 1 aromatic carbocycles. The van der Waals surface area contributed by atoms with Gasteiger partial charge in [-0.15, -0.1) is 0 Å². The lowest BCUT2D eigenvalue weighted by Crippen LogP contribution is -1.99. The van der Waals surface area contributed by atoms with Crippen molar-refractivity contribution in [2.75, 3.05) is 0 Å². The highest BCUT2D eigenvalue weighted by atomic mass is 35.5. The zero-order valence-electron chi connectivity index (χ0n) is 10.1. The fourth-order valence-corrected chi connectivity index (χ4v) is 1.66. The van der Waals surface area contributed by atoms with Crippen LogP contribution in [0.4, 0.5) is 0 Å². The van der Waals surface area contributed by atoms with Crippen LogP contribution in [0.15, 0.2) is 22.8 Å². The summed E-state index contributed by atoms with van der Waals surface area (Å²) in [6, 6.07) is 5.16. The molecule has 0 aliphatic heterocycles. The molecule has 0 unspecified atom stereocenters. The molecule has 5 nitrogen and oxygen atoms in total. The second kappa shape index (κ2) is 5.37. The van der Waals surface area contributed by atoms with E-state index in [0.717, 1.165) is 5.56 Å². The number of nitrogens with zero attached hydrogens (tertiary/aromatic N) is 2. The van der Waals surface area contributed by atoms with Crippen molar-refractivity contribution in [3.8, 4) is 5.75 Å². The number of hydrogen-bond acceptors (Lipinski definition) is 5. The van der Waals surface area contributed by atoms with Gasteiger partial charge in [0, 0.05) is 0 Å². The van der Waals surface area contributed by atoms with Crippen LogP contribution in [0.2, 0.25) is 5.02 Å². The summed E-state index contributed by atoms with van der Waals surface area (Å²) in [7, 11) is 0. The van der Waals surface area contributed by atoms with E-state index in [1.54, 1.807) is 32.0 Å². The van der Waals surface area contributed by atoms with Crippen LogP contribution in [0.5, 0.6) is 5.75 Å². The Bertz CT molecular complexity index is 540. The van der Waals surface area contributed by atoms with E-state index in [9.17, 15) is 5.11 Å². The zero-order chi connectivity index (χ0) is 13.1. The van der Waals surface area contributed by atoms with E-state index in [0.29, 0.717) is 22.2 Å². The molecule has 1 N–H and O–H groups in total. The fourth-order valence-electron chi connectivity index (χ4n) is 1.42. The summed E-state index contributed by atoms with van der Waals surface area (Å²) in [6.45, 7) is 3.70. The van der Waals surface area contributed by atoms with Crippen molar-refractivity contribution in [2.45, 2.75) is 26.6 Å². The molecule has 1 atom stereocenters. The first-order valence-corrected chi connectivity index (χ1v) is 5.84. The number of aromatic nitrogens is 2. The Hall–Kier alpha value is -1.59. The van der Waals surface area contributed by atoms with Crippen molar-refractivity contribution in [1.29, 1.82) is 0 Å². The van der Waals surface area contributed by atoms with Crippen LogP contribution in [0.3, 0.4) is 0 Å². The molecule has 0 spiro atoms. The van der Waals surface area contributed by atoms with Crippen LogP contribution in [0.1, 0.15) is 30.0 Å². The molecule has 0 saturated heterocycles. The summed E-state index contributed by atoms with van der Waals surface area (Å²) in [5.74, 6) is 0.531. The maximum atomic E-state index is 9.43. The summed E-state index contributed by atoms with van der Waals surface area (Å²) in [5, 5.41) is 17.2. The highest BCUT2D eigenvalue weighted by Crippen LogP contribution is 2.28. The second-order valence-electron chi connectivity index (χ2n) is 3.95. The third-order valence-corrected chi connectivity index (χ3v) is 2.84. The van der Waals surface area contributed by atoms with Crippen LogP contribution >= 0.6 is 11.6 Å². The first kappa shape index (κ1) is 12.9. The number of halogens is 1. The van der Waals surface area contributed by atoms with Crippen LogP contribution in [-0.2, 0) is 6.61 Å². The van der Waals surface area contributed by atoms with E-state index in [4.69, 9.17) is 16.3 Å². The van der Waals surface area contributed by atoms with Gasteiger partial charge in [-0.25, -0.2) is 4.63 Å². The van der Waals surface area contributed by atoms with Crippen molar-refractivity contribution >= 4 is 11.6 Å². The van der Waals surface area contributed by atoms with Gasteiger partial charge in [0.15, 0.2) is 0 Å². The molecule has 0 aliphatic carbocycles. The number of hydrogen-bond donors (Lipinski definition) is 1. The normalized spacial score (nSPS) is 12.4. The summed E-state index contributed by atoms with van der Waals surface area (Å²) in [6.07, 6.45) is -0.557. The summed E-state index contributed by atoms with van der Waals surface area (Å²) >= 11 is 6.06. The summed E-state index contributed by atoms with van der Waals surface area (Å²) < 4.78 is 10.1. The largest absolute Gasteiger partial charge is 0.486 e. The molecule has 1 aromatic heterocycles. The van der Waals surface area contributed by atoms with Gasteiger partial charge >= 0.3 is 0 Å². The van der Waals surface area contributed by atoms with Crippen LogP contribution < -0.4 is 4.74 Å². The van der Waals surface area contributed by atoms with E-state index in [1.807, 2.05) is 0 Å². The Morgan fingerprint density at radius 1 is 1.44 bits per heavy atom. The van der Waals surface area contributed by atoms with E-state index >= 15 is 0 Å². The Balaban J connectivity index is 2.08. The van der Waals surface area contributed by atoms with Crippen molar-refractivity contribution < 1.29 is 14.5 Å². The van der Waals surface area contributed by atoms with E-state index in [2.05, 4.69) is 14.9 Å². The summed E-state index contributed by atoms with van der Waals surface area (Å²) in [5.41, 5.74) is 2.06. The molecule has 0 radical (unpaired) electrons. The molecule has 0 saturated carbocycles. The fraction of sp³-hybridized carbons (Fsp3) is 0.333. The minimum Gasteiger partial charge on any atom is -0.486 e. The second-order valence-corrected chi connectivity index (χ2v) is 4.36. The minimum atomic E-state index is -0.557. The molecule has 0 bridgehead atoms. The van der Waals surface area contributed by atoms with Gasteiger partial charge < -0.3 is 9.84 Å². The van der Waals surface area contributed by atoms with Gasteiger partial charge in [0.05, 0.1) is 11.1 Å². The Morgan fingerprint density at radius 3 is 2.78 bits per heavy atom. The molecule has 2 aromatic rings. The van der Waals surface area contributed by atoms with E-state index in [-0.39, 0.29) is 6.61 Å². The maximum Gasteiger partial charge on any atom is 0.145 e. The topological polar surface area (TPSA) is 68.4 Å². The van der Waals surface area contributed by atoms with Crippen LogP contribution in [0.25, 0.3) is 0 Å². The summed E-state index contributed by atoms with van der Waals surface area (Å²) in [4.78, 5) is 0. The van der Waals surface area contributed by atoms with Gasteiger partial charge in [0.1, 0.15) is 23.7 Å². The lowest BCUT2D eigenvalue weighted by molar-refractivity contribution is 0.199. The van der Waals surface area contributed by atoms with E-state index < -0.39 is 6.10 Å². The van der Waals surface area contributed by atoms with Crippen molar-refractivity contribution in [3.63, 3.8) is 0 Å². The van der Waals surface area contributed by atoms with Gasteiger partial charge in [-0.2, -0.15) is 0 Å². The number of benzene rings is 1. The van der Waals surface area contributed by atoms with Gasteiger partial charge in [0.2, 0.25) is 0 Å². The smallest absolute Gasteiger partial charge is 0.145 e. The van der Waals surface area contributed by atoms with Crippen LogP contribution in [0, 0.1) is 6.92 Å². The molecular formula is C12H13ClN2O3. The number of rotatable bonds is 4. The lowest BCUT2D eigenvalue weighted by atomic mass is 10.1.